The van der Waals surface area contributed by atoms with Crippen molar-refractivity contribution in [2.24, 2.45) is 5.92 Å². The first-order chi connectivity index (χ1) is 7.88. The van der Waals surface area contributed by atoms with Crippen LogP contribution in [0.2, 0.25) is 0 Å². The quantitative estimate of drug-likeness (QED) is 0.858. The summed E-state index contributed by atoms with van der Waals surface area (Å²) in [5.41, 5.74) is 7.92. The van der Waals surface area contributed by atoms with Crippen LogP contribution in [0.3, 0.4) is 0 Å². The van der Waals surface area contributed by atoms with Crippen molar-refractivity contribution in [3.8, 4) is 0 Å². The highest BCUT2D eigenvalue weighted by Gasteiger charge is 2.20. The largest absolute Gasteiger partial charge is 0.394 e. The Labute approximate surface area is 105 Å². The molecule has 98 valence electrons. The van der Waals surface area contributed by atoms with Gasteiger partial charge in [-0.05, 0) is 33.6 Å². The number of hydrogen-bond donors (Lipinski definition) is 1. The molecule has 2 N–H and O–H groups in total. The van der Waals surface area contributed by atoms with Gasteiger partial charge in [0.1, 0.15) is 0 Å². The minimum absolute atomic E-state index is 0.335. The van der Waals surface area contributed by atoms with Crippen LogP contribution in [0.1, 0.15) is 46.4 Å². The van der Waals surface area contributed by atoms with Crippen molar-refractivity contribution >= 4 is 11.5 Å². The SMILES string of the molecule is CCN(CC(C)C)c1c(N)c(C)nn1C(C)C. The normalized spacial score (nSPS) is 11.5. The van der Waals surface area contributed by atoms with Crippen LogP contribution in [0.25, 0.3) is 0 Å². The maximum absolute atomic E-state index is 6.17. The van der Waals surface area contributed by atoms with E-state index >= 15 is 0 Å². The van der Waals surface area contributed by atoms with Gasteiger partial charge in [-0.15, -0.1) is 0 Å². The lowest BCUT2D eigenvalue weighted by Gasteiger charge is -2.27. The van der Waals surface area contributed by atoms with E-state index in [1.807, 2.05) is 11.6 Å². The number of rotatable bonds is 5. The van der Waals surface area contributed by atoms with Crippen molar-refractivity contribution in [2.75, 3.05) is 23.7 Å². The van der Waals surface area contributed by atoms with E-state index in [4.69, 9.17) is 5.73 Å². The number of aryl methyl sites for hydroxylation is 1. The summed E-state index contributed by atoms with van der Waals surface area (Å²) >= 11 is 0. The van der Waals surface area contributed by atoms with Gasteiger partial charge in [0.2, 0.25) is 0 Å². The first-order valence-electron chi connectivity index (χ1n) is 6.47. The van der Waals surface area contributed by atoms with E-state index in [1.54, 1.807) is 0 Å². The zero-order valence-corrected chi connectivity index (χ0v) is 12.0. The van der Waals surface area contributed by atoms with Gasteiger partial charge in [-0.3, -0.25) is 0 Å². The van der Waals surface area contributed by atoms with Gasteiger partial charge >= 0.3 is 0 Å². The van der Waals surface area contributed by atoms with E-state index in [0.29, 0.717) is 12.0 Å². The van der Waals surface area contributed by atoms with Crippen molar-refractivity contribution in [3.63, 3.8) is 0 Å². The number of nitrogens with zero attached hydrogens (tertiary/aromatic N) is 3. The van der Waals surface area contributed by atoms with Crippen LogP contribution in [0.15, 0.2) is 0 Å². The molecule has 0 saturated carbocycles. The summed E-state index contributed by atoms with van der Waals surface area (Å²) in [6.45, 7) is 14.8. The van der Waals surface area contributed by atoms with E-state index in [0.717, 1.165) is 30.3 Å². The third-order valence-electron chi connectivity index (χ3n) is 2.86. The lowest BCUT2D eigenvalue weighted by Crippen LogP contribution is -2.30. The molecule has 0 atom stereocenters. The molecule has 0 spiro atoms. The smallest absolute Gasteiger partial charge is 0.150 e. The second-order valence-corrected chi connectivity index (χ2v) is 5.29. The monoisotopic (exact) mass is 238 g/mol. The Hall–Kier alpha value is -1.19. The van der Waals surface area contributed by atoms with Gasteiger partial charge in [-0.1, -0.05) is 13.8 Å². The van der Waals surface area contributed by atoms with Crippen molar-refractivity contribution in [1.82, 2.24) is 9.78 Å². The molecule has 1 aromatic heterocycles. The summed E-state index contributed by atoms with van der Waals surface area (Å²) in [6, 6.07) is 0.335. The Morgan fingerprint density at radius 2 is 1.88 bits per heavy atom. The van der Waals surface area contributed by atoms with Crippen LogP contribution in [0.5, 0.6) is 0 Å². The molecule has 0 aliphatic heterocycles. The zero-order chi connectivity index (χ0) is 13.2. The second-order valence-electron chi connectivity index (χ2n) is 5.29. The van der Waals surface area contributed by atoms with Crippen LogP contribution in [-0.2, 0) is 0 Å². The molecule has 1 heterocycles. The van der Waals surface area contributed by atoms with E-state index in [2.05, 4.69) is 44.6 Å². The summed E-state index contributed by atoms with van der Waals surface area (Å²) in [4.78, 5) is 2.32. The predicted octanol–water partition coefficient (Wildman–Crippen LogP) is 2.84. The van der Waals surface area contributed by atoms with Gasteiger partial charge in [-0.25, -0.2) is 4.68 Å². The average molecular weight is 238 g/mol. The standard InChI is InChI=1S/C13H26N4/c1-7-16(8-9(2)3)13-12(14)11(6)15-17(13)10(4)5/h9-10H,7-8,14H2,1-6H3. The fraction of sp³-hybridized carbons (Fsp3) is 0.769. The molecule has 0 radical (unpaired) electrons. The first kappa shape index (κ1) is 13.9. The molecule has 0 amide bonds. The lowest BCUT2D eigenvalue weighted by molar-refractivity contribution is 0.513. The minimum Gasteiger partial charge on any atom is -0.394 e. The van der Waals surface area contributed by atoms with Crippen LogP contribution < -0.4 is 10.6 Å². The minimum atomic E-state index is 0.335. The van der Waals surface area contributed by atoms with Crippen molar-refractivity contribution in [3.05, 3.63) is 5.69 Å². The molecular weight excluding hydrogens is 212 g/mol. The Morgan fingerprint density at radius 1 is 1.29 bits per heavy atom. The van der Waals surface area contributed by atoms with Crippen molar-refractivity contribution in [1.29, 1.82) is 0 Å². The summed E-state index contributed by atoms with van der Waals surface area (Å²) in [5, 5.41) is 4.54. The lowest BCUT2D eigenvalue weighted by atomic mass is 10.2. The Kier molecular flexibility index (Phi) is 4.43. The summed E-state index contributed by atoms with van der Waals surface area (Å²) in [6.07, 6.45) is 0. The highest BCUT2D eigenvalue weighted by molar-refractivity contribution is 5.66. The molecule has 0 saturated heterocycles. The first-order valence-corrected chi connectivity index (χ1v) is 6.47. The topological polar surface area (TPSA) is 47.1 Å². The summed E-state index contributed by atoms with van der Waals surface area (Å²) < 4.78 is 2.04. The molecule has 17 heavy (non-hydrogen) atoms. The molecule has 0 aliphatic carbocycles. The second kappa shape index (κ2) is 5.43. The van der Waals surface area contributed by atoms with Crippen LogP contribution in [0, 0.1) is 12.8 Å². The Balaban J connectivity index is 3.16. The van der Waals surface area contributed by atoms with Crippen LogP contribution >= 0.6 is 0 Å². The van der Waals surface area contributed by atoms with E-state index in [9.17, 15) is 0 Å². The number of nitrogens with two attached hydrogens (primary N) is 1. The van der Waals surface area contributed by atoms with Gasteiger partial charge < -0.3 is 10.6 Å². The highest BCUT2D eigenvalue weighted by Crippen LogP contribution is 2.29. The molecule has 1 aromatic rings. The van der Waals surface area contributed by atoms with Crippen molar-refractivity contribution in [2.45, 2.75) is 47.6 Å². The van der Waals surface area contributed by atoms with Crippen LogP contribution in [-0.4, -0.2) is 22.9 Å². The van der Waals surface area contributed by atoms with Gasteiger partial charge in [-0.2, -0.15) is 5.10 Å². The number of hydrogen-bond acceptors (Lipinski definition) is 3. The molecule has 0 aliphatic rings. The molecule has 0 aromatic carbocycles. The summed E-state index contributed by atoms with van der Waals surface area (Å²) in [7, 11) is 0. The van der Waals surface area contributed by atoms with Gasteiger partial charge in [0.15, 0.2) is 5.82 Å². The van der Waals surface area contributed by atoms with Gasteiger partial charge in [0.25, 0.3) is 0 Å². The maximum Gasteiger partial charge on any atom is 0.150 e. The molecule has 0 bridgehead atoms. The van der Waals surface area contributed by atoms with Crippen LogP contribution in [0.4, 0.5) is 11.5 Å². The third-order valence-corrected chi connectivity index (χ3v) is 2.86. The molecule has 0 fully saturated rings. The van der Waals surface area contributed by atoms with E-state index < -0.39 is 0 Å². The molecule has 4 nitrogen and oxygen atoms in total. The molecule has 4 heteroatoms. The Bertz CT molecular complexity index is 366. The number of aromatic nitrogens is 2. The zero-order valence-electron chi connectivity index (χ0n) is 12.0. The molecule has 1 rings (SSSR count). The number of nitrogen functional groups attached to an aromatic ring is 1. The highest BCUT2D eigenvalue weighted by atomic mass is 15.4. The van der Waals surface area contributed by atoms with Gasteiger partial charge in [0.05, 0.1) is 11.4 Å². The Morgan fingerprint density at radius 3 is 2.29 bits per heavy atom. The maximum atomic E-state index is 6.17. The van der Waals surface area contributed by atoms with Gasteiger partial charge in [0, 0.05) is 19.1 Å². The average Bonchev–Trinajstić information content (AvgIpc) is 2.52. The fourth-order valence-corrected chi connectivity index (χ4v) is 2.03. The van der Waals surface area contributed by atoms with E-state index in [1.165, 1.54) is 0 Å². The third kappa shape index (κ3) is 2.93. The number of anilines is 2. The molecule has 0 unspecified atom stereocenters. The summed E-state index contributed by atoms with van der Waals surface area (Å²) in [5.74, 6) is 1.69. The fourth-order valence-electron chi connectivity index (χ4n) is 2.03. The van der Waals surface area contributed by atoms with Crippen molar-refractivity contribution < 1.29 is 0 Å². The molecular formula is C13H26N4. The predicted molar refractivity (Wildman–Crippen MR) is 74.5 cm³/mol. The van der Waals surface area contributed by atoms with E-state index in [-0.39, 0.29) is 0 Å².